The van der Waals surface area contributed by atoms with Crippen molar-refractivity contribution in [1.82, 2.24) is 10.2 Å². The van der Waals surface area contributed by atoms with Gasteiger partial charge in [-0.3, -0.25) is 9.69 Å². The van der Waals surface area contributed by atoms with Gasteiger partial charge in [-0.05, 0) is 38.9 Å². The van der Waals surface area contributed by atoms with Gasteiger partial charge in [-0.25, -0.2) is 0 Å². The minimum atomic E-state index is -0.672. The summed E-state index contributed by atoms with van der Waals surface area (Å²) in [7, 11) is 1.88. The van der Waals surface area contributed by atoms with Crippen molar-refractivity contribution in [2.45, 2.75) is 57.2 Å². The number of nitrogens with zero attached hydrogens (tertiary/aromatic N) is 2. The van der Waals surface area contributed by atoms with Gasteiger partial charge in [0.1, 0.15) is 11.3 Å². The number of hydrogen-bond donors (Lipinski definition) is 1. The number of nitriles is 1. The summed E-state index contributed by atoms with van der Waals surface area (Å²) in [6.45, 7) is 2.42. The van der Waals surface area contributed by atoms with Crippen molar-refractivity contribution in [1.29, 1.82) is 5.26 Å². The average Bonchev–Trinajstić information content (AvgIpc) is 3.00. The Hall–Kier alpha value is -1.80. The van der Waals surface area contributed by atoms with Crippen LogP contribution in [0.1, 0.15) is 44.8 Å². The number of hydrogen-bond acceptors (Lipinski definition) is 4. The third-order valence-electron chi connectivity index (χ3n) is 4.31. The number of nitrogens with one attached hydrogen (secondary N) is 1. The molecule has 1 atom stereocenters. The zero-order valence-corrected chi connectivity index (χ0v) is 12.8. The topological polar surface area (TPSA) is 69.3 Å². The summed E-state index contributed by atoms with van der Waals surface area (Å²) in [6.07, 6.45) is 6.29. The third-order valence-corrected chi connectivity index (χ3v) is 4.31. The van der Waals surface area contributed by atoms with E-state index in [0.29, 0.717) is 6.54 Å². The second kappa shape index (κ2) is 6.77. The molecule has 1 N–H and O–H groups in total. The lowest BCUT2D eigenvalue weighted by Crippen LogP contribution is -2.54. The number of carbonyl (C=O) groups excluding carboxylic acids is 1. The first-order valence-corrected chi connectivity index (χ1v) is 7.52. The molecule has 1 aromatic rings. The zero-order chi connectivity index (χ0) is 15.3. The molecule has 5 heteroatoms. The van der Waals surface area contributed by atoms with Crippen molar-refractivity contribution in [3.63, 3.8) is 0 Å². The quantitative estimate of drug-likeness (QED) is 0.904. The van der Waals surface area contributed by atoms with Crippen molar-refractivity contribution in [2.24, 2.45) is 0 Å². The molecule has 1 aliphatic carbocycles. The number of amides is 1. The van der Waals surface area contributed by atoms with Gasteiger partial charge in [0.05, 0.1) is 24.9 Å². The zero-order valence-electron chi connectivity index (χ0n) is 12.8. The Morgan fingerprint density at radius 2 is 2.24 bits per heavy atom. The molecule has 0 unspecified atom stereocenters. The van der Waals surface area contributed by atoms with Crippen LogP contribution in [-0.2, 0) is 11.3 Å². The fourth-order valence-electron chi connectivity index (χ4n) is 2.75. The van der Waals surface area contributed by atoms with Crippen LogP contribution in [0.2, 0.25) is 0 Å². The molecule has 1 heterocycles. The van der Waals surface area contributed by atoms with Crippen LogP contribution >= 0.6 is 0 Å². The first-order valence-electron chi connectivity index (χ1n) is 7.52. The summed E-state index contributed by atoms with van der Waals surface area (Å²) >= 11 is 0. The highest BCUT2D eigenvalue weighted by Gasteiger charge is 2.35. The minimum absolute atomic E-state index is 0.0903. The standard InChI is InChI=1S/C16H23N3O2/c1-13(19(2)11-14-7-6-10-21-14)15(20)18-16(12-17)8-4-3-5-9-16/h6-7,10,13H,3-5,8-9,11H2,1-2H3,(H,18,20)/t13-/m1/s1. The smallest absolute Gasteiger partial charge is 0.238 e. The lowest BCUT2D eigenvalue weighted by atomic mass is 9.82. The highest BCUT2D eigenvalue weighted by molar-refractivity contribution is 5.82. The molecule has 1 aromatic heterocycles. The molecule has 5 nitrogen and oxygen atoms in total. The van der Waals surface area contributed by atoms with Gasteiger partial charge in [0.25, 0.3) is 0 Å². The molecule has 0 bridgehead atoms. The largest absolute Gasteiger partial charge is 0.468 e. The summed E-state index contributed by atoms with van der Waals surface area (Å²) in [5, 5.41) is 12.4. The predicted molar refractivity (Wildman–Crippen MR) is 79.2 cm³/mol. The van der Waals surface area contributed by atoms with Crippen LogP contribution in [0.15, 0.2) is 22.8 Å². The Balaban J connectivity index is 1.93. The molecule has 1 amide bonds. The molecule has 0 aromatic carbocycles. The highest BCUT2D eigenvalue weighted by atomic mass is 16.3. The Morgan fingerprint density at radius 1 is 1.52 bits per heavy atom. The normalized spacial score (nSPS) is 19.0. The maximum absolute atomic E-state index is 12.4. The minimum Gasteiger partial charge on any atom is -0.468 e. The Kier molecular flexibility index (Phi) is 5.03. The van der Waals surface area contributed by atoms with Crippen molar-refractivity contribution in [2.75, 3.05) is 7.05 Å². The van der Waals surface area contributed by atoms with Gasteiger partial charge in [-0.2, -0.15) is 5.26 Å². The molecule has 0 aliphatic heterocycles. The van der Waals surface area contributed by atoms with Gasteiger partial charge >= 0.3 is 0 Å². The van der Waals surface area contributed by atoms with E-state index in [1.54, 1.807) is 6.26 Å². The maximum Gasteiger partial charge on any atom is 0.238 e. The van der Waals surface area contributed by atoms with Gasteiger partial charge in [-0.1, -0.05) is 19.3 Å². The number of rotatable bonds is 5. The van der Waals surface area contributed by atoms with Crippen LogP contribution in [0.3, 0.4) is 0 Å². The van der Waals surface area contributed by atoms with Gasteiger partial charge in [-0.15, -0.1) is 0 Å². The lowest BCUT2D eigenvalue weighted by Gasteiger charge is -2.34. The maximum atomic E-state index is 12.4. The fourth-order valence-corrected chi connectivity index (χ4v) is 2.75. The number of furan rings is 1. The highest BCUT2D eigenvalue weighted by Crippen LogP contribution is 2.27. The molecule has 0 radical (unpaired) electrons. The molecule has 2 rings (SSSR count). The van der Waals surface area contributed by atoms with E-state index < -0.39 is 5.54 Å². The van der Waals surface area contributed by atoms with Crippen LogP contribution in [0.4, 0.5) is 0 Å². The van der Waals surface area contributed by atoms with E-state index in [1.165, 1.54) is 0 Å². The monoisotopic (exact) mass is 289 g/mol. The molecular formula is C16H23N3O2. The van der Waals surface area contributed by atoms with Crippen LogP contribution < -0.4 is 5.32 Å². The van der Waals surface area contributed by atoms with E-state index in [4.69, 9.17) is 4.42 Å². The van der Waals surface area contributed by atoms with Crippen LogP contribution in [0, 0.1) is 11.3 Å². The molecular weight excluding hydrogens is 266 g/mol. The lowest BCUT2D eigenvalue weighted by molar-refractivity contribution is -0.127. The van der Waals surface area contributed by atoms with E-state index in [9.17, 15) is 10.1 Å². The van der Waals surface area contributed by atoms with Crippen LogP contribution in [0.5, 0.6) is 0 Å². The number of carbonyl (C=O) groups is 1. The first-order chi connectivity index (χ1) is 10.1. The van der Waals surface area contributed by atoms with Crippen LogP contribution in [0.25, 0.3) is 0 Å². The summed E-state index contributed by atoms with van der Waals surface area (Å²) in [5.41, 5.74) is -0.672. The molecule has 114 valence electrons. The van der Waals surface area contributed by atoms with E-state index in [-0.39, 0.29) is 11.9 Å². The van der Waals surface area contributed by atoms with E-state index in [1.807, 2.05) is 31.0 Å². The molecule has 1 fully saturated rings. The van der Waals surface area contributed by atoms with E-state index in [2.05, 4.69) is 11.4 Å². The van der Waals surface area contributed by atoms with Gasteiger partial charge < -0.3 is 9.73 Å². The SMILES string of the molecule is C[C@H](C(=O)NC1(C#N)CCCCC1)N(C)Cc1ccco1. The van der Waals surface area contributed by atoms with E-state index >= 15 is 0 Å². The fraction of sp³-hybridized carbons (Fsp3) is 0.625. The Labute approximate surface area is 125 Å². The second-order valence-electron chi connectivity index (χ2n) is 5.91. The van der Waals surface area contributed by atoms with Crippen molar-refractivity contribution < 1.29 is 9.21 Å². The Morgan fingerprint density at radius 3 is 2.81 bits per heavy atom. The molecule has 1 aliphatic rings. The van der Waals surface area contributed by atoms with Gasteiger partial charge in [0.2, 0.25) is 5.91 Å². The Bertz CT molecular complexity index is 498. The molecule has 0 saturated heterocycles. The second-order valence-corrected chi connectivity index (χ2v) is 5.91. The van der Waals surface area contributed by atoms with Gasteiger partial charge in [0.15, 0.2) is 0 Å². The van der Waals surface area contributed by atoms with Crippen molar-refractivity contribution >= 4 is 5.91 Å². The van der Waals surface area contributed by atoms with Gasteiger partial charge in [0, 0.05) is 0 Å². The summed E-state index contributed by atoms with van der Waals surface area (Å²) in [4.78, 5) is 14.3. The average molecular weight is 289 g/mol. The first kappa shape index (κ1) is 15.6. The predicted octanol–water partition coefficient (Wildman–Crippen LogP) is 2.44. The third kappa shape index (κ3) is 3.85. The summed E-state index contributed by atoms with van der Waals surface area (Å²) in [6, 6.07) is 5.74. The molecule has 21 heavy (non-hydrogen) atoms. The molecule has 0 spiro atoms. The van der Waals surface area contributed by atoms with Crippen molar-refractivity contribution in [3.05, 3.63) is 24.2 Å². The van der Waals surface area contributed by atoms with Crippen LogP contribution in [-0.4, -0.2) is 29.4 Å². The van der Waals surface area contributed by atoms with Crippen molar-refractivity contribution in [3.8, 4) is 6.07 Å². The van der Waals surface area contributed by atoms with E-state index in [0.717, 1.165) is 37.9 Å². The summed E-state index contributed by atoms with van der Waals surface area (Å²) < 4.78 is 5.30. The molecule has 1 saturated carbocycles. The number of likely N-dealkylation sites (N-methyl/N-ethyl adjacent to an activating group) is 1. The summed E-state index contributed by atoms with van der Waals surface area (Å²) in [5.74, 6) is 0.734.